The minimum atomic E-state index is -0.266. The molecule has 25 heavy (non-hydrogen) atoms. The quantitative estimate of drug-likeness (QED) is 0.847. The molecule has 6 heteroatoms. The van der Waals surface area contributed by atoms with Crippen molar-refractivity contribution in [2.75, 3.05) is 18.5 Å². The largest absolute Gasteiger partial charge is 0.486 e. The molecule has 1 aliphatic rings. The third kappa shape index (κ3) is 4.70. The molecular weight excluding hydrogens is 318 g/mol. The zero-order valence-electron chi connectivity index (χ0n) is 14.3. The minimum Gasteiger partial charge on any atom is -0.486 e. The fourth-order valence-electron chi connectivity index (χ4n) is 2.75. The predicted molar refractivity (Wildman–Crippen MR) is 95.8 cm³/mol. The Morgan fingerprint density at radius 2 is 2.20 bits per heavy atom. The van der Waals surface area contributed by atoms with E-state index in [0.29, 0.717) is 31.2 Å². The Labute approximate surface area is 147 Å². The van der Waals surface area contributed by atoms with E-state index in [2.05, 4.69) is 22.5 Å². The van der Waals surface area contributed by atoms with Crippen LogP contribution in [-0.4, -0.2) is 30.3 Å². The molecule has 2 aromatic rings. The average Bonchev–Trinajstić information content (AvgIpc) is 3.15. The number of carbonyl (C=O) groups excluding carboxylic acids is 1. The molecule has 1 aromatic carbocycles. The van der Waals surface area contributed by atoms with Gasteiger partial charge in [0.25, 0.3) is 0 Å². The van der Waals surface area contributed by atoms with Gasteiger partial charge in [0.1, 0.15) is 11.9 Å². The molecule has 6 nitrogen and oxygen atoms in total. The number of carbonyl (C=O) groups is 1. The lowest BCUT2D eigenvalue weighted by Crippen LogP contribution is -2.29. The van der Waals surface area contributed by atoms with Gasteiger partial charge in [-0.1, -0.05) is 19.1 Å². The Hall–Kier alpha value is -2.60. The van der Waals surface area contributed by atoms with Crippen molar-refractivity contribution in [3.63, 3.8) is 0 Å². The molecule has 3 rings (SSSR count). The number of amides is 2. The first kappa shape index (κ1) is 17.2. The summed E-state index contributed by atoms with van der Waals surface area (Å²) in [4.78, 5) is 16.4. The summed E-state index contributed by atoms with van der Waals surface area (Å²) in [6.45, 7) is 3.83. The molecule has 0 spiro atoms. The number of nitrogens with zero attached hydrogens (tertiary/aromatic N) is 1. The van der Waals surface area contributed by atoms with E-state index in [1.54, 1.807) is 6.20 Å². The highest BCUT2D eigenvalue weighted by molar-refractivity contribution is 5.90. The number of benzene rings is 1. The molecule has 1 aromatic heterocycles. The van der Waals surface area contributed by atoms with E-state index in [4.69, 9.17) is 9.47 Å². The van der Waals surface area contributed by atoms with Gasteiger partial charge < -0.3 is 20.1 Å². The number of pyridine rings is 1. The van der Waals surface area contributed by atoms with Crippen LogP contribution in [0.1, 0.15) is 24.5 Å². The molecular formula is C19H23N3O3. The van der Waals surface area contributed by atoms with Gasteiger partial charge in [-0.25, -0.2) is 4.79 Å². The number of hydrogen-bond donors (Lipinski definition) is 2. The predicted octanol–water partition coefficient (Wildman–Crippen LogP) is 3.13. The van der Waals surface area contributed by atoms with Gasteiger partial charge in [0.15, 0.2) is 0 Å². The number of ether oxygens (including phenoxy) is 2. The third-order valence-corrected chi connectivity index (χ3v) is 4.14. The summed E-state index contributed by atoms with van der Waals surface area (Å²) in [5, 5.41) is 5.75. The Morgan fingerprint density at radius 3 is 3.00 bits per heavy atom. The van der Waals surface area contributed by atoms with Crippen LogP contribution in [0, 0.1) is 0 Å². The number of nitrogens with one attached hydrogen (secondary N) is 2. The Kier molecular flexibility index (Phi) is 5.85. The average molecular weight is 341 g/mol. The fraction of sp³-hybridized carbons (Fsp3) is 0.368. The minimum absolute atomic E-state index is 0.0370. The van der Waals surface area contributed by atoms with Crippen molar-refractivity contribution in [1.29, 1.82) is 0 Å². The van der Waals surface area contributed by atoms with Crippen LogP contribution >= 0.6 is 0 Å². The van der Waals surface area contributed by atoms with Crippen LogP contribution in [-0.2, 0) is 17.7 Å². The van der Waals surface area contributed by atoms with Gasteiger partial charge in [0.2, 0.25) is 0 Å². The van der Waals surface area contributed by atoms with Gasteiger partial charge in [-0.3, -0.25) is 4.98 Å². The summed E-state index contributed by atoms with van der Waals surface area (Å²) in [6.07, 6.45) is 5.35. The summed E-state index contributed by atoms with van der Waals surface area (Å²) in [5.74, 6) is 0.659. The molecule has 1 saturated heterocycles. The van der Waals surface area contributed by atoms with Gasteiger partial charge in [-0.05, 0) is 35.7 Å². The summed E-state index contributed by atoms with van der Waals surface area (Å²) in [5.41, 5.74) is 2.85. The molecule has 0 unspecified atom stereocenters. The van der Waals surface area contributed by atoms with Crippen molar-refractivity contribution >= 4 is 11.7 Å². The molecule has 0 radical (unpaired) electrons. The molecule has 0 bridgehead atoms. The highest BCUT2D eigenvalue weighted by atomic mass is 16.5. The van der Waals surface area contributed by atoms with Crippen LogP contribution in [0.15, 0.2) is 42.7 Å². The summed E-state index contributed by atoms with van der Waals surface area (Å²) < 4.78 is 11.3. The topological polar surface area (TPSA) is 72.5 Å². The highest BCUT2D eigenvalue weighted by Crippen LogP contribution is 2.26. The first-order valence-corrected chi connectivity index (χ1v) is 8.56. The van der Waals surface area contributed by atoms with Crippen molar-refractivity contribution in [2.45, 2.75) is 32.4 Å². The van der Waals surface area contributed by atoms with Crippen LogP contribution in [0.5, 0.6) is 5.75 Å². The van der Waals surface area contributed by atoms with Crippen molar-refractivity contribution < 1.29 is 14.3 Å². The number of hydrogen-bond acceptors (Lipinski definition) is 4. The van der Waals surface area contributed by atoms with Crippen molar-refractivity contribution in [3.05, 3.63) is 53.9 Å². The van der Waals surface area contributed by atoms with Gasteiger partial charge in [0, 0.05) is 25.4 Å². The van der Waals surface area contributed by atoms with Crippen LogP contribution < -0.4 is 15.4 Å². The van der Waals surface area contributed by atoms with E-state index < -0.39 is 0 Å². The maximum Gasteiger partial charge on any atom is 0.319 e. The van der Waals surface area contributed by atoms with Gasteiger partial charge >= 0.3 is 6.03 Å². The number of anilines is 1. The summed E-state index contributed by atoms with van der Waals surface area (Å²) >= 11 is 0. The molecule has 0 saturated carbocycles. The zero-order chi connectivity index (χ0) is 17.5. The van der Waals surface area contributed by atoms with Crippen molar-refractivity contribution in [2.24, 2.45) is 0 Å². The molecule has 1 aliphatic heterocycles. The lowest BCUT2D eigenvalue weighted by molar-refractivity contribution is 0.142. The first-order valence-electron chi connectivity index (χ1n) is 8.56. The normalized spacial score (nSPS) is 16.4. The maximum absolute atomic E-state index is 12.3. The zero-order valence-corrected chi connectivity index (χ0v) is 14.3. The second-order valence-corrected chi connectivity index (χ2v) is 5.91. The second-order valence-electron chi connectivity index (χ2n) is 5.91. The first-order chi connectivity index (χ1) is 12.3. The van der Waals surface area contributed by atoms with E-state index in [1.807, 2.05) is 36.5 Å². The van der Waals surface area contributed by atoms with E-state index >= 15 is 0 Å². The van der Waals surface area contributed by atoms with Crippen LogP contribution in [0.4, 0.5) is 10.5 Å². The highest BCUT2D eigenvalue weighted by Gasteiger charge is 2.19. The number of aromatic nitrogens is 1. The molecule has 1 fully saturated rings. The molecule has 0 aliphatic carbocycles. The number of aryl methyl sites for hydroxylation is 1. The Morgan fingerprint density at radius 1 is 1.32 bits per heavy atom. The molecule has 1 atom stereocenters. The lowest BCUT2D eigenvalue weighted by Gasteiger charge is -2.16. The SMILES string of the molecule is CCc1cnccc1CNC(=O)Nc1ccccc1O[C@H]1CCOC1. The molecule has 132 valence electrons. The van der Waals surface area contributed by atoms with E-state index in [1.165, 1.54) is 0 Å². The van der Waals surface area contributed by atoms with Crippen molar-refractivity contribution in [3.8, 4) is 5.75 Å². The number of para-hydroxylation sites is 2. The third-order valence-electron chi connectivity index (χ3n) is 4.14. The van der Waals surface area contributed by atoms with E-state index in [9.17, 15) is 4.79 Å². The maximum atomic E-state index is 12.3. The molecule has 2 heterocycles. The van der Waals surface area contributed by atoms with Crippen LogP contribution in [0.3, 0.4) is 0 Å². The van der Waals surface area contributed by atoms with E-state index in [-0.39, 0.29) is 12.1 Å². The van der Waals surface area contributed by atoms with Gasteiger partial charge in [-0.15, -0.1) is 0 Å². The van der Waals surface area contributed by atoms with Gasteiger partial charge in [-0.2, -0.15) is 0 Å². The van der Waals surface area contributed by atoms with Gasteiger partial charge in [0.05, 0.1) is 18.9 Å². The van der Waals surface area contributed by atoms with Crippen LogP contribution in [0.2, 0.25) is 0 Å². The monoisotopic (exact) mass is 341 g/mol. The Balaban J connectivity index is 1.59. The number of rotatable bonds is 6. The Bertz CT molecular complexity index is 715. The molecule has 2 amide bonds. The van der Waals surface area contributed by atoms with Crippen molar-refractivity contribution in [1.82, 2.24) is 10.3 Å². The molecule has 2 N–H and O–H groups in total. The summed E-state index contributed by atoms with van der Waals surface area (Å²) in [7, 11) is 0. The lowest BCUT2D eigenvalue weighted by atomic mass is 10.1. The fourth-order valence-corrected chi connectivity index (χ4v) is 2.75. The summed E-state index contributed by atoms with van der Waals surface area (Å²) in [6, 6.07) is 9.10. The van der Waals surface area contributed by atoms with E-state index in [0.717, 1.165) is 24.0 Å². The number of urea groups is 1. The smallest absolute Gasteiger partial charge is 0.319 e. The van der Waals surface area contributed by atoms with Crippen LogP contribution in [0.25, 0.3) is 0 Å². The second kappa shape index (κ2) is 8.48. The standard InChI is InChI=1S/C19H23N3O3/c1-2-14-11-20-9-7-15(14)12-21-19(23)22-17-5-3-4-6-18(17)25-16-8-10-24-13-16/h3-7,9,11,16H,2,8,10,12-13H2,1H3,(H2,21,22,23)/t16-/m0/s1.